The molecule has 2 saturated carbocycles. The lowest BCUT2D eigenvalue weighted by Gasteiger charge is -2.60. The first-order chi connectivity index (χ1) is 11.7. The molecule has 2 heterocycles. The Bertz CT molecular complexity index is 630. The standard InChI is InChI=1S/C17H24O8/c1-7-4-9-16(5-18,12(22)10(7)20)15(3)13(24-8(2)19)11(21)14(25-9)17(15)6-23-17/h7,9,11-14,18,21-22H,4-6H2,1-3H3/t7?,9-,11-,12-,13-,14-,15-,16-,17+/m1/s1. The van der Waals surface area contributed by atoms with E-state index in [1.54, 1.807) is 13.8 Å². The molecule has 1 unspecified atom stereocenters. The van der Waals surface area contributed by atoms with Crippen molar-refractivity contribution in [3.8, 4) is 0 Å². The van der Waals surface area contributed by atoms with Gasteiger partial charge in [-0.1, -0.05) is 13.8 Å². The Hall–Kier alpha value is -1.06. The van der Waals surface area contributed by atoms with Gasteiger partial charge in [0.25, 0.3) is 0 Å². The Morgan fingerprint density at radius 3 is 2.56 bits per heavy atom. The topological polar surface area (TPSA) is 126 Å². The van der Waals surface area contributed by atoms with Crippen LogP contribution in [-0.4, -0.2) is 76.4 Å². The lowest BCUT2D eigenvalue weighted by atomic mass is 9.48. The summed E-state index contributed by atoms with van der Waals surface area (Å²) in [7, 11) is 0. The van der Waals surface area contributed by atoms with E-state index in [4.69, 9.17) is 14.2 Å². The Morgan fingerprint density at radius 1 is 1.40 bits per heavy atom. The fourth-order valence-corrected chi connectivity index (χ4v) is 5.74. The first-order valence-electron chi connectivity index (χ1n) is 8.64. The highest BCUT2D eigenvalue weighted by atomic mass is 16.7. The van der Waals surface area contributed by atoms with E-state index in [1.807, 2.05) is 0 Å². The van der Waals surface area contributed by atoms with Crippen LogP contribution in [0.15, 0.2) is 0 Å². The van der Waals surface area contributed by atoms with Crippen LogP contribution < -0.4 is 0 Å². The molecule has 1 spiro atoms. The van der Waals surface area contributed by atoms with E-state index in [9.17, 15) is 24.9 Å². The van der Waals surface area contributed by atoms with Gasteiger partial charge in [-0.15, -0.1) is 0 Å². The molecule has 0 aromatic rings. The molecule has 4 rings (SSSR count). The summed E-state index contributed by atoms with van der Waals surface area (Å²) in [6.07, 6.45) is -4.78. The van der Waals surface area contributed by atoms with Crippen molar-refractivity contribution in [1.82, 2.24) is 0 Å². The Labute approximate surface area is 145 Å². The van der Waals surface area contributed by atoms with Gasteiger partial charge in [-0.3, -0.25) is 9.59 Å². The number of fused-ring (bicyclic) bond motifs is 2. The van der Waals surface area contributed by atoms with Gasteiger partial charge in [-0.25, -0.2) is 0 Å². The van der Waals surface area contributed by atoms with E-state index in [-0.39, 0.29) is 12.4 Å². The second-order valence-electron chi connectivity index (χ2n) is 8.09. The molecule has 25 heavy (non-hydrogen) atoms. The SMILES string of the molecule is CC(=O)O[C@@H]1[C@@H](O)[C@H]2O[C@@H]3CC(C)C(=O)[C@@H](O)[C@]3(CO)[C@]1(C)[C@]21CO1. The summed E-state index contributed by atoms with van der Waals surface area (Å²) in [6, 6.07) is 0. The third-order valence-electron chi connectivity index (χ3n) is 7.20. The minimum atomic E-state index is -1.50. The van der Waals surface area contributed by atoms with Crippen molar-refractivity contribution in [2.45, 2.75) is 63.3 Å². The summed E-state index contributed by atoms with van der Waals surface area (Å²) in [4.78, 5) is 24.2. The number of carbonyl (C=O) groups is 2. The molecular weight excluding hydrogens is 332 g/mol. The molecule has 2 bridgehead atoms. The lowest BCUT2D eigenvalue weighted by Crippen LogP contribution is -2.73. The van der Waals surface area contributed by atoms with Gasteiger partial charge in [0.05, 0.1) is 30.1 Å². The molecule has 9 atom stereocenters. The van der Waals surface area contributed by atoms with Crippen molar-refractivity contribution in [2.75, 3.05) is 13.2 Å². The molecule has 0 aromatic heterocycles. The van der Waals surface area contributed by atoms with Gasteiger partial charge in [0.15, 0.2) is 5.78 Å². The minimum Gasteiger partial charge on any atom is -0.459 e. The second kappa shape index (κ2) is 5.01. The summed E-state index contributed by atoms with van der Waals surface area (Å²) in [5.74, 6) is -1.41. The number of rotatable bonds is 2. The number of aliphatic hydroxyl groups is 3. The first kappa shape index (κ1) is 17.4. The average Bonchev–Trinajstić information content (AvgIpc) is 3.33. The molecule has 2 aliphatic heterocycles. The van der Waals surface area contributed by atoms with Gasteiger partial charge < -0.3 is 29.5 Å². The molecule has 4 aliphatic rings. The van der Waals surface area contributed by atoms with Crippen molar-refractivity contribution in [3.05, 3.63) is 0 Å². The van der Waals surface area contributed by atoms with Gasteiger partial charge in [-0.2, -0.15) is 0 Å². The number of Topliss-reactive ketones (excluding diaryl/α,β-unsaturated/α-hetero) is 1. The number of aliphatic hydroxyl groups excluding tert-OH is 3. The van der Waals surface area contributed by atoms with Crippen LogP contribution in [0.25, 0.3) is 0 Å². The zero-order valence-electron chi connectivity index (χ0n) is 14.5. The predicted octanol–water partition coefficient (Wildman–Crippen LogP) is -1.22. The zero-order valence-corrected chi connectivity index (χ0v) is 14.5. The average molecular weight is 356 g/mol. The van der Waals surface area contributed by atoms with Crippen LogP contribution >= 0.6 is 0 Å². The summed E-state index contributed by atoms with van der Waals surface area (Å²) in [6.45, 7) is 4.35. The molecule has 3 N–H and O–H groups in total. The van der Waals surface area contributed by atoms with Crippen molar-refractivity contribution in [3.63, 3.8) is 0 Å². The van der Waals surface area contributed by atoms with Crippen molar-refractivity contribution in [2.24, 2.45) is 16.7 Å². The van der Waals surface area contributed by atoms with E-state index in [2.05, 4.69) is 0 Å². The van der Waals surface area contributed by atoms with Crippen molar-refractivity contribution < 1.29 is 39.1 Å². The van der Waals surface area contributed by atoms with Crippen LogP contribution in [0.1, 0.15) is 27.2 Å². The van der Waals surface area contributed by atoms with Gasteiger partial charge in [-0.05, 0) is 6.42 Å². The molecule has 4 fully saturated rings. The molecular formula is C17H24O8. The molecule has 0 amide bonds. The molecule has 0 aromatic carbocycles. The number of ether oxygens (including phenoxy) is 3. The number of hydrogen-bond acceptors (Lipinski definition) is 8. The van der Waals surface area contributed by atoms with E-state index >= 15 is 0 Å². The molecule has 2 aliphatic carbocycles. The van der Waals surface area contributed by atoms with Gasteiger partial charge in [0.1, 0.15) is 30.0 Å². The number of carbonyl (C=O) groups excluding carboxylic acids is 2. The number of esters is 1. The number of epoxide rings is 1. The molecule has 8 nitrogen and oxygen atoms in total. The highest BCUT2D eigenvalue weighted by Crippen LogP contribution is 2.72. The van der Waals surface area contributed by atoms with Gasteiger partial charge >= 0.3 is 5.97 Å². The number of ketones is 1. The smallest absolute Gasteiger partial charge is 0.303 e. The summed E-state index contributed by atoms with van der Waals surface area (Å²) in [5.41, 5.74) is -3.57. The summed E-state index contributed by atoms with van der Waals surface area (Å²) in [5, 5.41) is 32.1. The van der Waals surface area contributed by atoms with Crippen LogP contribution in [-0.2, 0) is 23.8 Å². The van der Waals surface area contributed by atoms with Crippen LogP contribution in [0.4, 0.5) is 0 Å². The zero-order chi connectivity index (χ0) is 18.4. The van der Waals surface area contributed by atoms with E-state index < -0.39 is 65.4 Å². The van der Waals surface area contributed by atoms with E-state index in [0.29, 0.717) is 6.42 Å². The Kier molecular flexibility index (Phi) is 3.48. The highest BCUT2D eigenvalue weighted by Gasteiger charge is 2.87. The third-order valence-corrected chi connectivity index (χ3v) is 7.20. The van der Waals surface area contributed by atoms with E-state index in [1.165, 1.54) is 6.92 Å². The largest absolute Gasteiger partial charge is 0.459 e. The summed E-state index contributed by atoms with van der Waals surface area (Å²) >= 11 is 0. The van der Waals surface area contributed by atoms with Crippen LogP contribution in [0.5, 0.6) is 0 Å². The van der Waals surface area contributed by atoms with Gasteiger partial charge in [0, 0.05) is 12.8 Å². The van der Waals surface area contributed by atoms with Crippen LogP contribution in [0.3, 0.4) is 0 Å². The maximum atomic E-state index is 12.6. The third kappa shape index (κ3) is 1.70. The van der Waals surface area contributed by atoms with Crippen LogP contribution in [0.2, 0.25) is 0 Å². The molecule has 2 saturated heterocycles. The van der Waals surface area contributed by atoms with Crippen molar-refractivity contribution >= 4 is 11.8 Å². The minimum absolute atomic E-state index is 0.244. The first-order valence-corrected chi connectivity index (χ1v) is 8.64. The van der Waals surface area contributed by atoms with Gasteiger partial charge in [0.2, 0.25) is 0 Å². The fourth-order valence-electron chi connectivity index (χ4n) is 5.74. The monoisotopic (exact) mass is 356 g/mol. The molecule has 0 radical (unpaired) electrons. The Balaban J connectivity index is 1.92. The van der Waals surface area contributed by atoms with Crippen molar-refractivity contribution in [1.29, 1.82) is 0 Å². The molecule has 8 heteroatoms. The highest BCUT2D eigenvalue weighted by molar-refractivity contribution is 5.87. The maximum Gasteiger partial charge on any atom is 0.303 e. The quantitative estimate of drug-likeness (QED) is 0.415. The maximum absolute atomic E-state index is 12.6. The normalized spacial score (nSPS) is 56.6. The second-order valence-corrected chi connectivity index (χ2v) is 8.09. The Morgan fingerprint density at radius 2 is 2.04 bits per heavy atom. The summed E-state index contributed by atoms with van der Waals surface area (Å²) < 4.78 is 17.2. The fraction of sp³-hybridized carbons (Fsp3) is 0.882. The predicted molar refractivity (Wildman–Crippen MR) is 81.3 cm³/mol. The number of hydrogen-bond donors (Lipinski definition) is 3. The van der Waals surface area contributed by atoms with Crippen LogP contribution in [0, 0.1) is 16.7 Å². The van der Waals surface area contributed by atoms with E-state index in [0.717, 1.165) is 0 Å². The lowest BCUT2D eigenvalue weighted by molar-refractivity contribution is -0.277. The molecule has 140 valence electrons.